The van der Waals surface area contributed by atoms with E-state index in [0.29, 0.717) is 16.3 Å². The Morgan fingerprint density at radius 3 is 2.71 bits per heavy atom. The van der Waals surface area contributed by atoms with Crippen molar-refractivity contribution in [1.82, 2.24) is 14.8 Å². The van der Waals surface area contributed by atoms with Gasteiger partial charge in [-0.15, -0.1) is 5.10 Å². The number of hydrogen-bond acceptors (Lipinski definition) is 4. The zero-order valence-corrected chi connectivity index (χ0v) is 11.5. The Labute approximate surface area is 126 Å². The van der Waals surface area contributed by atoms with Crippen LogP contribution in [0.5, 0.6) is 11.8 Å². The van der Waals surface area contributed by atoms with Gasteiger partial charge in [0.25, 0.3) is 0 Å². The minimum atomic E-state index is 0.151. The SMILES string of the molecule is N#Cc1ccc(Cl)cc1Oc1ncn(-c2ccccc2)n1. The molecule has 0 fully saturated rings. The lowest BCUT2D eigenvalue weighted by Gasteiger charge is -2.03. The van der Waals surface area contributed by atoms with Crippen LogP contribution >= 0.6 is 11.6 Å². The van der Waals surface area contributed by atoms with Gasteiger partial charge in [-0.1, -0.05) is 29.8 Å². The summed E-state index contributed by atoms with van der Waals surface area (Å²) in [6, 6.07) is 16.5. The van der Waals surface area contributed by atoms with Crippen LogP contribution in [0.25, 0.3) is 5.69 Å². The Morgan fingerprint density at radius 2 is 1.95 bits per heavy atom. The smallest absolute Gasteiger partial charge is 0.341 e. The normalized spacial score (nSPS) is 10.1. The molecule has 0 radical (unpaired) electrons. The van der Waals surface area contributed by atoms with Crippen LogP contribution in [-0.4, -0.2) is 14.8 Å². The lowest BCUT2D eigenvalue weighted by Crippen LogP contribution is -1.95. The number of aromatic nitrogens is 3. The van der Waals surface area contributed by atoms with Gasteiger partial charge in [-0.25, -0.2) is 4.68 Å². The summed E-state index contributed by atoms with van der Waals surface area (Å²) in [5.41, 5.74) is 1.24. The number of nitriles is 1. The molecule has 5 nitrogen and oxygen atoms in total. The first-order valence-corrected chi connectivity index (χ1v) is 6.48. The van der Waals surface area contributed by atoms with Crippen molar-refractivity contribution < 1.29 is 4.74 Å². The van der Waals surface area contributed by atoms with E-state index in [1.165, 1.54) is 0 Å². The van der Waals surface area contributed by atoms with E-state index in [1.54, 1.807) is 29.2 Å². The number of nitrogens with zero attached hydrogens (tertiary/aromatic N) is 4. The molecular formula is C15H9ClN4O. The van der Waals surface area contributed by atoms with Crippen molar-refractivity contribution in [3.05, 3.63) is 65.4 Å². The molecule has 0 aliphatic heterocycles. The van der Waals surface area contributed by atoms with Gasteiger partial charge >= 0.3 is 6.01 Å². The van der Waals surface area contributed by atoms with Crippen LogP contribution in [0.1, 0.15) is 5.56 Å². The van der Waals surface area contributed by atoms with Crippen molar-refractivity contribution in [2.45, 2.75) is 0 Å². The Bertz CT molecular complexity index is 808. The van der Waals surface area contributed by atoms with Gasteiger partial charge in [-0.05, 0) is 24.3 Å². The highest BCUT2D eigenvalue weighted by Crippen LogP contribution is 2.26. The van der Waals surface area contributed by atoms with Crippen molar-refractivity contribution in [3.63, 3.8) is 0 Å². The fourth-order valence-corrected chi connectivity index (χ4v) is 1.93. The topological polar surface area (TPSA) is 63.7 Å². The first kappa shape index (κ1) is 13.2. The van der Waals surface area contributed by atoms with Crippen molar-refractivity contribution in [3.8, 4) is 23.5 Å². The molecule has 21 heavy (non-hydrogen) atoms. The van der Waals surface area contributed by atoms with E-state index in [-0.39, 0.29) is 6.01 Å². The van der Waals surface area contributed by atoms with Gasteiger partial charge in [-0.2, -0.15) is 10.2 Å². The van der Waals surface area contributed by atoms with Crippen LogP contribution < -0.4 is 4.74 Å². The summed E-state index contributed by atoms with van der Waals surface area (Å²) < 4.78 is 7.12. The van der Waals surface area contributed by atoms with Crippen LogP contribution in [0.2, 0.25) is 5.02 Å². The number of benzene rings is 2. The molecule has 0 spiro atoms. The molecule has 0 unspecified atom stereocenters. The van der Waals surface area contributed by atoms with Crippen LogP contribution in [0.4, 0.5) is 0 Å². The predicted molar refractivity (Wildman–Crippen MR) is 77.6 cm³/mol. The Morgan fingerprint density at radius 1 is 1.14 bits per heavy atom. The molecular weight excluding hydrogens is 288 g/mol. The van der Waals surface area contributed by atoms with Crippen LogP contribution in [0.3, 0.4) is 0 Å². The molecule has 3 aromatic rings. The first-order valence-electron chi connectivity index (χ1n) is 6.11. The van der Waals surface area contributed by atoms with E-state index < -0.39 is 0 Å². The van der Waals surface area contributed by atoms with Gasteiger partial charge in [0.05, 0.1) is 11.3 Å². The largest absolute Gasteiger partial charge is 0.422 e. The molecule has 0 saturated heterocycles. The van der Waals surface area contributed by atoms with E-state index in [2.05, 4.69) is 10.1 Å². The lowest BCUT2D eigenvalue weighted by atomic mass is 10.2. The Hall–Kier alpha value is -2.84. The second-order valence-electron chi connectivity index (χ2n) is 4.16. The molecule has 0 atom stereocenters. The summed E-state index contributed by atoms with van der Waals surface area (Å²) >= 11 is 5.91. The maximum absolute atomic E-state index is 9.05. The average Bonchev–Trinajstić information content (AvgIpc) is 2.97. The molecule has 2 aromatic carbocycles. The van der Waals surface area contributed by atoms with Crippen LogP contribution in [-0.2, 0) is 0 Å². The van der Waals surface area contributed by atoms with Gasteiger partial charge in [0, 0.05) is 11.1 Å². The highest BCUT2D eigenvalue weighted by molar-refractivity contribution is 6.30. The van der Waals surface area contributed by atoms with Crippen molar-refractivity contribution >= 4 is 11.6 Å². The van der Waals surface area contributed by atoms with E-state index in [1.807, 2.05) is 36.4 Å². The number of para-hydroxylation sites is 1. The van der Waals surface area contributed by atoms with Crippen LogP contribution in [0, 0.1) is 11.3 Å². The molecule has 0 aliphatic carbocycles. The Balaban J connectivity index is 1.89. The summed E-state index contributed by atoms with van der Waals surface area (Å²) in [7, 11) is 0. The molecule has 0 bridgehead atoms. The van der Waals surface area contributed by atoms with E-state index in [0.717, 1.165) is 5.69 Å². The van der Waals surface area contributed by atoms with E-state index >= 15 is 0 Å². The zero-order chi connectivity index (χ0) is 14.7. The molecule has 3 rings (SSSR count). The van der Waals surface area contributed by atoms with E-state index in [9.17, 15) is 0 Å². The first-order chi connectivity index (χ1) is 10.3. The standard InChI is InChI=1S/C15H9ClN4O/c16-12-7-6-11(9-17)14(8-12)21-15-18-10-20(19-15)13-4-2-1-3-5-13/h1-8,10H. The molecule has 1 aromatic heterocycles. The number of halogens is 1. The third-order valence-electron chi connectivity index (χ3n) is 2.76. The molecule has 0 saturated carbocycles. The quantitative estimate of drug-likeness (QED) is 0.741. The molecule has 1 heterocycles. The summed E-state index contributed by atoms with van der Waals surface area (Å²) in [4.78, 5) is 4.07. The summed E-state index contributed by atoms with van der Waals surface area (Å²) in [5, 5.41) is 13.7. The molecule has 102 valence electrons. The van der Waals surface area contributed by atoms with E-state index in [4.69, 9.17) is 21.6 Å². The average molecular weight is 297 g/mol. The second kappa shape index (κ2) is 5.65. The number of hydrogen-bond donors (Lipinski definition) is 0. The minimum Gasteiger partial charge on any atom is -0.422 e. The van der Waals surface area contributed by atoms with Gasteiger partial charge < -0.3 is 4.74 Å². The highest BCUT2D eigenvalue weighted by atomic mass is 35.5. The van der Waals surface area contributed by atoms with Crippen molar-refractivity contribution in [2.24, 2.45) is 0 Å². The van der Waals surface area contributed by atoms with Crippen molar-refractivity contribution in [1.29, 1.82) is 5.26 Å². The predicted octanol–water partition coefficient (Wildman–Crippen LogP) is 3.58. The number of rotatable bonds is 3. The van der Waals surface area contributed by atoms with Gasteiger partial charge in [0.1, 0.15) is 18.1 Å². The maximum atomic E-state index is 9.05. The number of ether oxygens (including phenoxy) is 1. The molecule has 0 N–H and O–H groups in total. The molecule has 0 aliphatic rings. The summed E-state index contributed by atoms with van der Waals surface area (Å²) in [6.45, 7) is 0. The third kappa shape index (κ3) is 2.86. The third-order valence-corrected chi connectivity index (χ3v) is 2.99. The lowest BCUT2D eigenvalue weighted by molar-refractivity contribution is 0.440. The molecule has 6 heteroatoms. The van der Waals surface area contributed by atoms with Crippen molar-refractivity contribution in [2.75, 3.05) is 0 Å². The van der Waals surface area contributed by atoms with Crippen LogP contribution in [0.15, 0.2) is 54.9 Å². The highest BCUT2D eigenvalue weighted by Gasteiger charge is 2.09. The fourth-order valence-electron chi connectivity index (χ4n) is 1.77. The monoisotopic (exact) mass is 296 g/mol. The second-order valence-corrected chi connectivity index (χ2v) is 4.60. The van der Waals surface area contributed by atoms with Gasteiger partial charge in [0.2, 0.25) is 0 Å². The summed E-state index contributed by atoms with van der Waals surface area (Å²) in [5.74, 6) is 0.329. The maximum Gasteiger partial charge on any atom is 0.341 e. The summed E-state index contributed by atoms with van der Waals surface area (Å²) in [6.07, 6.45) is 1.54. The zero-order valence-electron chi connectivity index (χ0n) is 10.8. The molecule has 0 amide bonds. The fraction of sp³-hybridized carbons (Fsp3) is 0. The van der Waals surface area contributed by atoms with Gasteiger partial charge in [-0.3, -0.25) is 0 Å². The Kier molecular flexibility index (Phi) is 3.54. The minimum absolute atomic E-state index is 0.151. The van der Waals surface area contributed by atoms with Gasteiger partial charge in [0.15, 0.2) is 0 Å².